The highest BCUT2D eigenvalue weighted by Gasteiger charge is 2.32. The zero-order valence-corrected chi connectivity index (χ0v) is 17.3. The van der Waals surface area contributed by atoms with Crippen molar-refractivity contribution in [2.24, 2.45) is 11.8 Å². The van der Waals surface area contributed by atoms with Crippen LogP contribution < -0.4 is 5.32 Å². The van der Waals surface area contributed by atoms with Gasteiger partial charge in [-0.25, -0.2) is 4.98 Å². The van der Waals surface area contributed by atoms with Crippen LogP contribution in [0, 0.1) is 18.8 Å². The number of piperazine rings is 1. The molecule has 0 radical (unpaired) electrons. The summed E-state index contributed by atoms with van der Waals surface area (Å²) in [4.78, 5) is 22.6. The molecule has 140 valence electrons. The molecule has 5 nitrogen and oxygen atoms in total. The van der Waals surface area contributed by atoms with Gasteiger partial charge in [-0.1, -0.05) is 6.92 Å². The minimum Gasteiger partial charge on any atom is -0.340 e. The van der Waals surface area contributed by atoms with Crippen LogP contribution in [0.4, 0.5) is 0 Å². The predicted molar refractivity (Wildman–Crippen MR) is 106 cm³/mol. The summed E-state index contributed by atoms with van der Waals surface area (Å²) in [5.74, 6) is 1.05. The van der Waals surface area contributed by atoms with Crippen molar-refractivity contribution in [1.82, 2.24) is 20.1 Å². The Balaban J connectivity index is 0.00000176. The number of aryl methyl sites for hydroxylation is 1. The van der Waals surface area contributed by atoms with Crippen molar-refractivity contribution in [1.29, 1.82) is 0 Å². The van der Waals surface area contributed by atoms with Gasteiger partial charge in [0.2, 0.25) is 5.91 Å². The number of thiazole rings is 1. The largest absolute Gasteiger partial charge is 0.340 e. The Bertz CT molecular complexity index is 505. The van der Waals surface area contributed by atoms with Gasteiger partial charge in [-0.2, -0.15) is 0 Å². The molecule has 0 spiro atoms. The lowest BCUT2D eigenvalue weighted by molar-refractivity contribution is -0.139. The molecule has 1 N–H and O–H groups in total. The second kappa shape index (κ2) is 10.8. The van der Waals surface area contributed by atoms with Crippen LogP contribution in [-0.2, 0) is 11.3 Å². The molecule has 0 saturated carbocycles. The lowest BCUT2D eigenvalue weighted by Crippen LogP contribution is -2.54. The smallest absolute Gasteiger partial charge is 0.225 e. The minimum atomic E-state index is 0. The van der Waals surface area contributed by atoms with E-state index in [1.54, 1.807) is 11.3 Å². The van der Waals surface area contributed by atoms with Crippen LogP contribution in [0.1, 0.15) is 16.8 Å². The lowest BCUT2D eigenvalue weighted by atomic mass is 9.88. The first-order chi connectivity index (χ1) is 10.1. The van der Waals surface area contributed by atoms with E-state index in [4.69, 9.17) is 0 Å². The van der Waals surface area contributed by atoms with Gasteiger partial charge in [-0.3, -0.25) is 9.69 Å². The molecule has 3 rings (SSSR count). The highest BCUT2D eigenvalue weighted by molar-refractivity contribution is 7.11. The first kappa shape index (κ1) is 23.9. The van der Waals surface area contributed by atoms with Crippen LogP contribution in [0.25, 0.3) is 0 Å². The first-order valence-corrected chi connectivity index (χ1v) is 8.58. The average Bonchev–Trinajstić information content (AvgIpc) is 2.82. The molecular formula is C15H27Cl3N4OS. The lowest BCUT2D eigenvalue weighted by Gasteiger charge is -2.39. The molecule has 24 heavy (non-hydrogen) atoms. The van der Waals surface area contributed by atoms with E-state index in [-0.39, 0.29) is 43.1 Å². The Morgan fingerprint density at radius 2 is 1.92 bits per heavy atom. The van der Waals surface area contributed by atoms with Crippen LogP contribution >= 0.6 is 48.6 Å². The molecule has 2 aliphatic heterocycles. The van der Waals surface area contributed by atoms with E-state index in [2.05, 4.69) is 27.0 Å². The molecule has 2 fully saturated rings. The molecule has 0 aliphatic carbocycles. The van der Waals surface area contributed by atoms with Gasteiger partial charge in [0.1, 0.15) is 0 Å². The zero-order chi connectivity index (χ0) is 14.8. The fourth-order valence-electron chi connectivity index (χ4n) is 2.98. The van der Waals surface area contributed by atoms with Gasteiger partial charge >= 0.3 is 0 Å². The van der Waals surface area contributed by atoms with E-state index in [0.717, 1.165) is 50.8 Å². The molecule has 2 saturated heterocycles. The van der Waals surface area contributed by atoms with Gasteiger partial charge in [-0.05, 0) is 25.9 Å². The third-order valence-electron chi connectivity index (χ3n) is 4.64. The number of carbonyl (C=O) groups is 1. The fraction of sp³-hybridized carbons (Fsp3) is 0.733. The molecule has 1 atom stereocenters. The molecule has 1 aromatic heterocycles. The van der Waals surface area contributed by atoms with E-state index in [9.17, 15) is 4.79 Å². The topological polar surface area (TPSA) is 48.5 Å². The molecule has 0 aromatic carbocycles. The number of nitrogens with zero attached hydrogens (tertiary/aromatic N) is 3. The molecule has 1 amide bonds. The van der Waals surface area contributed by atoms with Crippen LogP contribution in [0.3, 0.4) is 0 Å². The molecule has 1 unspecified atom stereocenters. The molecule has 1 aromatic rings. The summed E-state index contributed by atoms with van der Waals surface area (Å²) in [5, 5.41) is 4.38. The minimum absolute atomic E-state index is 0. The van der Waals surface area contributed by atoms with Gasteiger partial charge in [0.05, 0.1) is 5.01 Å². The number of rotatable bonds is 4. The van der Waals surface area contributed by atoms with Crippen LogP contribution in [-0.4, -0.2) is 60.0 Å². The molecule has 0 bridgehead atoms. The Morgan fingerprint density at radius 1 is 1.29 bits per heavy atom. The molecule has 3 heterocycles. The monoisotopic (exact) mass is 416 g/mol. The van der Waals surface area contributed by atoms with E-state index in [0.29, 0.717) is 11.8 Å². The van der Waals surface area contributed by atoms with Gasteiger partial charge in [-0.15, -0.1) is 48.6 Å². The van der Waals surface area contributed by atoms with E-state index in [1.807, 2.05) is 13.1 Å². The summed E-state index contributed by atoms with van der Waals surface area (Å²) >= 11 is 1.77. The van der Waals surface area contributed by atoms with Crippen molar-refractivity contribution >= 4 is 54.5 Å². The molecule has 9 heteroatoms. The third-order valence-corrected chi connectivity index (χ3v) is 5.54. The summed E-state index contributed by atoms with van der Waals surface area (Å²) in [6.07, 6.45) is 1.98. The van der Waals surface area contributed by atoms with Crippen molar-refractivity contribution in [3.8, 4) is 0 Å². The Labute approximate surface area is 166 Å². The highest BCUT2D eigenvalue weighted by Crippen LogP contribution is 2.20. The summed E-state index contributed by atoms with van der Waals surface area (Å²) < 4.78 is 0. The summed E-state index contributed by atoms with van der Waals surface area (Å²) in [7, 11) is 0. The molecular weight excluding hydrogens is 391 g/mol. The van der Waals surface area contributed by atoms with Crippen molar-refractivity contribution < 1.29 is 4.79 Å². The normalized spacial score (nSPS) is 19.3. The van der Waals surface area contributed by atoms with E-state index < -0.39 is 0 Å². The molecule has 2 aliphatic rings. The number of aromatic nitrogens is 1. The number of halogens is 3. The van der Waals surface area contributed by atoms with Crippen molar-refractivity contribution in [3.05, 3.63) is 16.1 Å². The third kappa shape index (κ3) is 5.71. The zero-order valence-electron chi connectivity index (χ0n) is 14.1. The number of amides is 1. The Hall–Kier alpha value is -0.110. The average molecular weight is 418 g/mol. The number of hydrogen-bond donors (Lipinski definition) is 1. The van der Waals surface area contributed by atoms with E-state index >= 15 is 0 Å². The quantitative estimate of drug-likeness (QED) is 0.816. The van der Waals surface area contributed by atoms with Gasteiger partial charge in [0.15, 0.2) is 0 Å². The van der Waals surface area contributed by atoms with Crippen molar-refractivity contribution in [2.45, 2.75) is 20.4 Å². The van der Waals surface area contributed by atoms with Crippen molar-refractivity contribution in [3.63, 3.8) is 0 Å². The van der Waals surface area contributed by atoms with E-state index in [1.165, 1.54) is 4.88 Å². The number of carbonyl (C=O) groups excluding carboxylic acids is 1. The van der Waals surface area contributed by atoms with Crippen LogP contribution in [0.2, 0.25) is 0 Å². The Kier molecular flexibility index (Phi) is 10.7. The van der Waals surface area contributed by atoms with Crippen LogP contribution in [0.5, 0.6) is 0 Å². The van der Waals surface area contributed by atoms with Gasteiger partial charge in [0, 0.05) is 49.7 Å². The Morgan fingerprint density at radius 3 is 2.38 bits per heavy atom. The first-order valence-electron chi connectivity index (χ1n) is 7.76. The number of hydrogen-bond acceptors (Lipinski definition) is 5. The number of nitrogens with one attached hydrogen (secondary N) is 1. The fourth-order valence-corrected chi connectivity index (χ4v) is 3.82. The maximum atomic E-state index is 12.5. The van der Waals surface area contributed by atoms with Gasteiger partial charge in [0.25, 0.3) is 0 Å². The van der Waals surface area contributed by atoms with Crippen LogP contribution in [0.15, 0.2) is 6.20 Å². The van der Waals surface area contributed by atoms with Crippen molar-refractivity contribution in [2.75, 3.05) is 39.3 Å². The summed E-state index contributed by atoms with van der Waals surface area (Å²) in [6, 6.07) is 0. The summed E-state index contributed by atoms with van der Waals surface area (Å²) in [5.41, 5.74) is 0. The summed E-state index contributed by atoms with van der Waals surface area (Å²) in [6.45, 7) is 10.8. The second-order valence-corrected chi connectivity index (χ2v) is 7.47. The maximum absolute atomic E-state index is 12.5. The highest BCUT2D eigenvalue weighted by atomic mass is 35.5. The second-order valence-electron chi connectivity index (χ2n) is 6.15. The standard InChI is InChI=1S/C15H24N4OS.3ClH/c1-11(13-7-16-8-13)15(20)19-5-3-18(4-6-19)10-14-9-17-12(2)21-14;;;/h9,11,13,16H,3-8,10H2,1-2H3;3*1H. The SMILES string of the molecule is Cc1ncc(CN2CCN(C(=O)C(C)C3CNC3)CC2)s1.Cl.Cl.Cl. The van der Waals surface area contributed by atoms with Gasteiger partial charge < -0.3 is 10.2 Å². The maximum Gasteiger partial charge on any atom is 0.225 e. The predicted octanol–water partition coefficient (Wildman–Crippen LogP) is 2.22.